The maximum Gasteiger partial charge on any atom is 0.335 e. The predicted molar refractivity (Wildman–Crippen MR) is 147 cm³/mol. The van der Waals surface area contributed by atoms with Crippen molar-refractivity contribution in [1.82, 2.24) is 9.21 Å². The van der Waals surface area contributed by atoms with Crippen LogP contribution < -0.4 is 4.74 Å². The van der Waals surface area contributed by atoms with E-state index in [1.54, 1.807) is 49.4 Å². The Morgan fingerprint density at radius 2 is 1.87 bits per heavy atom. The lowest BCUT2D eigenvalue weighted by Gasteiger charge is -2.37. The smallest absolute Gasteiger partial charge is 0.335 e. The number of carbonyl (C=O) groups is 1. The van der Waals surface area contributed by atoms with Gasteiger partial charge in [-0.25, -0.2) is 13.2 Å². The molecule has 0 radical (unpaired) electrons. The van der Waals surface area contributed by atoms with Crippen molar-refractivity contribution in [2.45, 2.75) is 57.7 Å². The van der Waals surface area contributed by atoms with Gasteiger partial charge in [0.25, 0.3) is 0 Å². The van der Waals surface area contributed by atoms with Crippen molar-refractivity contribution >= 4 is 16.0 Å². The van der Waals surface area contributed by atoms with Crippen molar-refractivity contribution in [3.63, 3.8) is 0 Å². The average Bonchev–Trinajstić information content (AvgIpc) is 2.85. The van der Waals surface area contributed by atoms with E-state index < -0.39 is 22.0 Å². The van der Waals surface area contributed by atoms with E-state index in [2.05, 4.69) is 30.6 Å². The second kappa shape index (κ2) is 12.8. The molecule has 3 rings (SSSR count). The molecule has 0 aromatic heterocycles. The number of sulfonamides is 1. The fourth-order valence-corrected chi connectivity index (χ4v) is 6.14. The molecule has 38 heavy (non-hydrogen) atoms. The highest BCUT2D eigenvalue weighted by atomic mass is 32.2. The van der Waals surface area contributed by atoms with Crippen LogP contribution in [0, 0.1) is 23.7 Å². The number of likely N-dealkylation sites (N-methyl/N-ethyl adjacent to an activating group) is 1. The van der Waals surface area contributed by atoms with E-state index in [1.165, 1.54) is 4.31 Å². The third kappa shape index (κ3) is 7.35. The number of ether oxygens (including phenoxy) is 1. The van der Waals surface area contributed by atoms with E-state index in [4.69, 9.17) is 9.84 Å². The number of aliphatic hydroxyl groups excluding tert-OH is 1. The van der Waals surface area contributed by atoms with Crippen LogP contribution in [-0.4, -0.2) is 72.7 Å². The maximum atomic E-state index is 13.6. The van der Waals surface area contributed by atoms with Gasteiger partial charge in [-0.05, 0) is 55.8 Å². The Labute approximate surface area is 226 Å². The summed E-state index contributed by atoms with van der Waals surface area (Å²) in [6, 6.07) is 11.1. The molecule has 0 unspecified atom stereocenters. The molecule has 1 aliphatic heterocycles. The van der Waals surface area contributed by atoms with Crippen LogP contribution in [0.2, 0.25) is 0 Å². The summed E-state index contributed by atoms with van der Waals surface area (Å²) in [6.45, 7) is 8.80. The first-order valence-electron chi connectivity index (χ1n) is 12.9. The topological polar surface area (TPSA) is 107 Å². The lowest BCUT2D eigenvalue weighted by Crippen LogP contribution is -2.49. The molecule has 3 atom stereocenters. The van der Waals surface area contributed by atoms with Gasteiger partial charge in [0.05, 0.1) is 12.2 Å². The lowest BCUT2D eigenvalue weighted by atomic mass is 10.0. The van der Waals surface area contributed by atoms with E-state index >= 15 is 0 Å². The first-order valence-corrected chi connectivity index (χ1v) is 14.3. The molecular formula is C29H38N2O6S. The summed E-state index contributed by atoms with van der Waals surface area (Å²) in [6.07, 6.45) is 0.385. The average molecular weight is 543 g/mol. The van der Waals surface area contributed by atoms with Crippen LogP contribution in [0.4, 0.5) is 0 Å². The minimum Gasteiger partial charge on any atom is -0.487 e. The van der Waals surface area contributed by atoms with Crippen molar-refractivity contribution in [2.24, 2.45) is 11.8 Å². The summed E-state index contributed by atoms with van der Waals surface area (Å²) in [5.74, 6) is 5.79. The van der Waals surface area contributed by atoms with E-state index in [0.717, 1.165) is 12.0 Å². The molecule has 0 saturated heterocycles. The minimum absolute atomic E-state index is 0.0658. The largest absolute Gasteiger partial charge is 0.487 e. The summed E-state index contributed by atoms with van der Waals surface area (Å²) in [5.41, 5.74) is 1.87. The zero-order valence-corrected chi connectivity index (χ0v) is 23.5. The fourth-order valence-electron chi connectivity index (χ4n) is 4.31. The van der Waals surface area contributed by atoms with Crippen LogP contribution in [0.25, 0.3) is 0 Å². The molecule has 206 valence electrons. The Kier molecular flexibility index (Phi) is 9.96. The third-order valence-corrected chi connectivity index (χ3v) is 8.57. The van der Waals surface area contributed by atoms with Crippen molar-refractivity contribution in [3.8, 4) is 17.6 Å². The van der Waals surface area contributed by atoms with Crippen LogP contribution in [0.3, 0.4) is 0 Å². The third-order valence-electron chi connectivity index (χ3n) is 6.56. The summed E-state index contributed by atoms with van der Waals surface area (Å²) in [4.78, 5) is 13.3. The summed E-state index contributed by atoms with van der Waals surface area (Å²) < 4.78 is 35.0. The van der Waals surface area contributed by atoms with Crippen molar-refractivity contribution in [3.05, 3.63) is 59.2 Å². The van der Waals surface area contributed by atoms with Gasteiger partial charge in [-0.3, -0.25) is 4.90 Å². The summed E-state index contributed by atoms with van der Waals surface area (Å²) >= 11 is 0. The molecular weight excluding hydrogens is 504 g/mol. The Hall–Kier alpha value is -2.90. The normalized spacial score (nSPS) is 20.0. The number of rotatable bonds is 8. The van der Waals surface area contributed by atoms with Gasteiger partial charge in [-0.1, -0.05) is 44.7 Å². The molecule has 0 amide bonds. The highest BCUT2D eigenvalue weighted by Gasteiger charge is 2.38. The first kappa shape index (κ1) is 29.7. The molecule has 2 aromatic carbocycles. The molecule has 2 N–H and O–H groups in total. The Morgan fingerprint density at radius 1 is 1.18 bits per heavy atom. The highest BCUT2D eigenvalue weighted by Crippen LogP contribution is 2.34. The van der Waals surface area contributed by atoms with Crippen LogP contribution in [-0.2, 0) is 16.6 Å². The minimum atomic E-state index is -3.91. The van der Waals surface area contributed by atoms with E-state index in [-0.39, 0.29) is 41.4 Å². The molecule has 2 aromatic rings. The second-order valence-corrected chi connectivity index (χ2v) is 12.4. The van der Waals surface area contributed by atoms with Gasteiger partial charge >= 0.3 is 5.97 Å². The van der Waals surface area contributed by atoms with E-state index in [9.17, 15) is 18.3 Å². The molecule has 9 heteroatoms. The number of carboxylic acids is 1. The van der Waals surface area contributed by atoms with Gasteiger partial charge in [0, 0.05) is 43.6 Å². The second-order valence-electron chi connectivity index (χ2n) is 10.5. The molecule has 0 spiro atoms. The number of benzene rings is 2. The number of fused-ring (bicyclic) bond motifs is 1. The van der Waals surface area contributed by atoms with Crippen LogP contribution in [0.1, 0.15) is 55.6 Å². The van der Waals surface area contributed by atoms with Crippen molar-refractivity contribution in [2.75, 3.05) is 26.7 Å². The van der Waals surface area contributed by atoms with Crippen LogP contribution >= 0.6 is 0 Å². The number of aromatic carboxylic acids is 1. The number of hydrogen-bond donors (Lipinski definition) is 2. The zero-order chi connectivity index (χ0) is 28.0. The van der Waals surface area contributed by atoms with E-state index in [0.29, 0.717) is 24.6 Å². The Balaban J connectivity index is 1.93. The highest BCUT2D eigenvalue weighted by molar-refractivity contribution is 7.89. The van der Waals surface area contributed by atoms with Crippen molar-refractivity contribution < 1.29 is 28.2 Å². The van der Waals surface area contributed by atoms with Gasteiger partial charge in [0.2, 0.25) is 10.0 Å². The predicted octanol–water partition coefficient (Wildman–Crippen LogP) is 3.68. The quantitative estimate of drug-likeness (QED) is 0.490. The Morgan fingerprint density at radius 3 is 2.47 bits per heavy atom. The fraction of sp³-hybridized carbons (Fsp3) is 0.483. The molecule has 8 nitrogen and oxygen atoms in total. The first-order chi connectivity index (χ1) is 17.9. The number of aliphatic hydroxyl groups is 1. The van der Waals surface area contributed by atoms with E-state index in [1.807, 2.05) is 14.0 Å². The Bertz CT molecular complexity index is 1280. The maximum absolute atomic E-state index is 13.6. The molecule has 1 aliphatic rings. The number of carboxylic acid groups (broad SMARTS) is 1. The number of nitrogens with zero attached hydrogens (tertiary/aromatic N) is 2. The number of hydrogen-bond acceptors (Lipinski definition) is 6. The van der Waals surface area contributed by atoms with Gasteiger partial charge in [-0.15, -0.1) is 0 Å². The summed E-state index contributed by atoms with van der Waals surface area (Å²) in [5, 5.41) is 19.0. The molecule has 1 heterocycles. The monoisotopic (exact) mass is 542 g/mol. The molecule has 0 fully saturated rings. The van der Waals surface area contributed by atoms with Crippen LogP contribution in [0.5, 0.6) is 5.75 Å². The zero-order valence-electron chi connectivity index (χ0n) is 22.7. The van der Waals surface area contributed by atoms with Gasteiger partial charge in [0.15, 0.2) is 0 Å². The van der Waals surface area contributed by atoms with Crippen LogP contribution in [0.15, 0.2) is 47.4 Å². The standard InChI is InChI=1S/C29H38N2O6S/c1-20(2)7-6-8-23-11-14-28-26(15-23)37-27(21(3)16-31(22(4)19-32)38(28,35)36)18-30(5)17-24-9-12-25(13-10-24)29(33)34/h9-15,20-22,27,32H,7,16-19H2,1-5H3,(H,33,34)/t21-,22+,27+/m1/s1. The van der Waals surface area contributed by atoms with Gasteiger partial charge in [-0.2, -0.15) is 4.31 Å². The van der Waals surface area contributed by atoms with Gasteiger partial charge < -0.3 is 14.9 Å². The summed E-state index contributed by atoms with van der Waals surface area (Å²) in [7, 11) is -1.97. The molecule has 0 bridgehead atoms. The SMILES string of the molecule is CC(C)CC#Cc1ccc2c(c1)O[C@@H](CN(C)Cc1ccc(C(=O)O)cc1)[C@H](C)CN([C@@H](C)CO)S2(=O)=O. The molecule has 0 saturated carbocycles. The van der Waals surface area contributed by atoms with Crippen molar-refractivity contribution in [1.29, 1.82) is 0 Å². The van der Waals surface area contributed by atoms with Gasteiger partial charge in [0.1, 0.15) is 16.7 Å². The molecule has 0 aliphatic carbocycles. The lowest BCUT2D eigenvalue weighted by molar-refractivity contribution is 0.0697.